The fraction of sp³-hybridized carbons (Fsp3) is 0.429. The Bertz CT molecular complexity index is 463. The van der Waals surface area contributed by atoms with Crippen LogP contribution in [0.4, 0.5) is 0 Å². The van der Waals surface area contributed by atoms with Gasteiger partial charge in [-0.05, 0) is 24.6 Å². The smallest absolute Gasteiger partial charge is 0.306 e. The molecule has 0 aliphatic carbocycles. The average molecular weight is 248 g/mol. The van der Waals surface area contributed by atoms with Gasteiger partial charge in [0.1, 0.15) is 17.1 Å². The molecule has 0 spiro atoms. The van der Waals surface area contributed by atoms with Gasteiger partial charge in [0.25, 0.3) is 0 Å². The summed E-state index contributed by atoms with van der Waals surface area (Å²) < 4.78 is 10.5. The van der Waals surface area contributed by atoms with Gasteiger partial charge >= 0.3 is 5.97 Å². The second-order valence-electron chi connectivity index (χ2n) is 4.58. The number of hydrogen-bond donors (Lipinski definition) is 0. The van der Waals surface area contributed by atoms with Crippen LogP contribution < -0.4 is 4.74 Å². The van der Waals surface area contributed by atoms with Crippen molar-refractivity contribution in [2.24, 2.45) is 0 Å². The summed E-state index contributed by atoms with van der Waals surface area (Å²) >= 11 is 0. The topological polar surface area (TPSA) is 52.6 Å². The van der Waals surface area contributed by atoms with E-state index < -0.39 is 5.60 Å². The molecule has 0 bridgehead atoms. The molecule has 18 heavy (non-hydrogen) atoms. The Balaban J connectivity index is 2.33. The monoisotopic (exact) mass is 248 g/mol. The second kappa shape index (κ2) is 4.80. The largest absolute Gasteiger partial charge is 0.497 e. The molecule has 0 amide bonds. The van der Waals surface area contributed by atoms with Crippen LogP contribution in [0.15, 0.2) is 24.3 Å². The summed E-state index contributed by atoms with van der Waals surface area (Å²) in [6.07, 6.45) is 1.14. The lowest BCUT2D eigenvalue weighted by Crippen LogP contribution is -2.28. The fourth-order valence-electron chi connectivity index (χ4n) is 2.35. The Morgan fingerprint density at radius 1 is 1.39 bits per heavy atom. The lowest BCUT2D eigenvalue weighted by Gasteiger charge is -2.27. The van der Waals surface area contributed by atoms with Gasteiger partial charge < -0.3 is 9.47 Å². The average Bonchev–Trinajstić information content (AvgIpc) is 2.71. The number of benzene rings is 1. The first kappa shape index (κ1) is 12.6. The molecule has 1 heterocycles. The highest BCUT2D eigenvalue weighted by Gasteiger charge is 2.42. The molecule has 1 unspecified atom stereocenters. The summed E-state index contributed by atoms with van der Waals surface area (Å²) in [6.45, 7) is 1.51. The summed E-state index contributed by atoms with van der Waals surface area (Å²) in [5, 5.41) is 0. The third-order valence-corrected chi connectivity index (χ3v) is 3.19. The highest BCUT2D eigenvalue weighted by molar-refractivity contribution is 5.79. The minimum absolute atomic E-state index is 0.0144. The van der Waals surface area contributed by atoms with E-state index in [9.17, 15) is 9.59 Å². The van der Waals surface area contributed by atoms with Crippen LogP contribution in [0.1, 0.15) is 31.7 Å². The molecule has 1 fully saturated rings. The third-order valence-electron chi connectivity index (χ3n) is 3.19. The van der Waals surface area contributed by atoms with E-state index in [1.165, 1.54) is 6.92 Å². The van der Waals surface area contributed by atoms with E-state index in [4.69, 9.17) is 9.47 Å². The van der Waals surface area contributed by atoms with E-state index in [0.29, 0.717) is 12.8 Å². The number of rotatable bonds is 4. The first-order valence-electron chi connectivity index (χ1n) is 5.91. The van der Waals surface area contributed by atoms with E-state index in [2.05, 4.69) is 0 Å². The van der Waals surface area contributed by atoms with Gasteiger partial charge in [-0.1, -0.05) is 12.1 Å². The van der Waals surface area contributed by atoms with Crippen molar-refractivity contribution in [3.05, 3.63) is 29.8 Å². The predicted octanol–water partition coefficient (Wildman–Crippen LogP) is 2.21. The second-order valence-corrected chi connectivity index (χ2v) is 4.58. The predicted molar refractivity (Wildman–Crippen MR) is 65.3 cm³/mol. The zero-order valence-electron chi connectivity index (χ0n) is 10.6. The molecule has 2 rings (SSSR count). The van der Waals surface area contributed by atoms with E-state index in [-0.39, 0.29) is 18.2 Å². The number of methoxy groups -OCH3 is 1. The molecular weight excluding hydrogens is 232 g/mol. The molecule has 4 nitrogen and oxygen atoms in total. The summed E-state index contributed by atoms with van der Waals surface area (Å²) in [5.74, 6) is 0.508. The van der Waals surface area contributed by atoms with Gasteiger partial charge in [0.15, 0.2) is 0 Å². The molecule has 1 saturated heterocycles. The number of Topliss-reactive ketones (excluding diaryl/α,β-unsaturated/α-hetero) is 1. The summed E-state index contributed by atoms with van der Waals surface area (Å²) in [5.41, 5.74) is 0.0687. The molecule has 96 valence electrons. The molecular formula is C14H16O4. The van der Waals surface area contributed by atoms with Crippen molar-refractivity contribution in [1.82, 2.24) is 0 Å². The summed E-state index contributed by atoms with van der Waals surface area (Å²) in [7, 11) is 1.59. The maximum absolute atomic E-state index is 11.4. The Kier molecular flexibility index (Phi) is 3.36. The summed E-state index contributed by atoms with van der Waals surface area (Å²) in [6, 6.07) is 7.31. The lowest BCUT2D eigenvalue weighted by atomic mass is 9.86. The van der Waals surface area contributed by atoms with Gasteiger partial charge in [-0.3, -0.25) is 9.59 Å². The Hall–Kier alpha value is -1.84. The number of ether oxygens (including phenoxy) is 2. The molecule has 1 aliphatic rings. The van der Waals surface area contributed by atoms with E-state index in [1.54, 1.807) is 7.11 Å². The Morgan fingerprint density at radius 2 is 2.06 bits per heavy atom. The van der Waals surface area contributed by atoms with Crippen LogP contribution >= 0.6 is 0 Å². The van der Waals surface area contributed by atoms with Gasteiger partial charge in [-0.25, -0.2) is 0 Å². The van der Waals surface area contributed by atoms with Crippen molar-refractivity contribution in [3.8, 4) is 5.75 Å². The minimum Gasteiger partial charge on any atom is -0.497 e. The van der Waals surface area contributed by atoms with Crippen molar-refractivity contribution in [2.75, 3.05) is 7.11 Å². The van der Waals surface area contributed by atoms with Gasteiger partial charge in [-0.15, -0.1) is 0 Å². The van der Waals surface area contributed by atoms with Crippen molar-refractivity contribution >= 4 is 11.8 Å². The van der Waals surface area contributed by atoms with Gasteiger partial charge in [0.2, 0.25) is 0 Å². The number of carbonyl (C=O) groups is 2. The van der Waals surface area contributed by atoms with Crippen LogP contribution in [-0.2, 0) is 19.9 Å². The van der Waals surface area contributed by atoms with Crippen LogP contribution in [0, 0.1) is 0 Å². The molecule has 1 aliphatic heterocycles. The van der Waals surface area contributed by atoms with Crippen LogP contribution in [0.25, 0.3) is 0 Å². The number of hydrogen-bond acceptors (Lipinski definition) is 4. The maximum atomic E-state index is 11.4. The lowest BCUT2D eigenvalue weighted by molar-refractivity contribution is -0.151. The van der Waals surface area contributed by atoms with Crippen molar-refractivity contribution < 1.29 is 19.1 Å². The van der Waals surface area contributed by atoms with Crippen molar-refractivity contribution in [3.63, 3.8) is 0 Å². The quantitative estimate of drug-likeness (QED) is 0.766. The zero-order chi connectivity index (χ0) is 13.2. The highest BCUT2D eigenvalue weighted by Crippen LogP contribution is 2.40. The van der Waals surface area contributed by atoms with E-state index in [1.807, 2.05) is 24.3 Å². The fourth-order valence-corrected chi connectivity index (χ4v) is 2.35. The van der Waals surface area contributed by atoms with Crippen molar-refractivity contribution in [2.45, 2.75) is 31.8 Å². The normalized spacial score (nSPS) is 22.7. The van der Waals surface area contributed by atoms with Gasteiger partial charge in [0, 0.05) is 12.8 Å². The Morgan fingerprint density at radius 3 is 2.50 bits per heavy atom. The number of ketones is 1. The highest BCUT2D eigenvalue weighted by atomic mass is 16.6. The molecule has 0 N–H and O–H groups in total. The minimum atomic E-state index is -0.783. The molecule has 0 saturated carbocycles. The van der Waals surface area contributed by atoms with Gasteiger partial charge in [0.05, 0.1) is 13.5 Å². The van der Waals surface area contributed by atoms with Crippen LogP contribution in [0.2, 0.25) is 0 Å². The first-order chi connectivity index (χ1) is 8.55. The van der Waals surface area contributed by atoms with Gasteiger partial charge in [-0.2, -0.15) is 0 Å². The number of carbonyl (C=O) groups excluding carboxylic acids is 2. The zero-order valence-corrected chi connectivity index (χ0v) is 10.6. The van der Waals surface area contributed by atoms with Crippen LogP contribution in [0.3, 0.4) is 0 Å². The van der Waals surface area contributed by atoms with Crippen molar-refractivity contribution in [1.29, 1.82) is 0 Å². The van der Waals surface area contributed by atoms with Crippen LogP contribution in [-0.4, -0.2) is 18.9 Å². The molecule has 0 aromatic heterocycles. The Labute approximate surface area is 106 Å². The standard InChI is InChI=1S/C14H16O4/c1-10(15)9-14(8-7-13(16)18-14)11-3-5-12(17-2)6-4-11/h3-6H,7-9H2,1-2H3. The van der Waals surface area contributed by atoms with Crippen LogP contribution in [0.5, 0.6) is 5.75 Å². The molecule has 1 aromatic rings. The number of esters is 1. The molecule has 1 aromatic carbocycles. The third kappa shape index (κ3) is 2.37. The first-order valence-corrected chi connectivity index (χ1v) is 5.91. The summed E-state index contributed by atoms with van der Waals surface area (Å²) in [4.78, 5) is 22.8. The van der Waals surface area contributed by atoms with E-state index >= 15 is 0 Å². The molecule has 4 heteroatoms. The molecule has 0 radical (unpaired) electrons. The molecule has 1 atom stereocenters. The SMILES string of the molecule is COc1ccc(C2(CC(C)=O)CCC(=O)O2)cc1. The maximum Gasteiger partial charge on any atom is 0.306 e. The van der Waals surface area contributed by atoms with E-state index in [0.717, 1.165) is 11.3 Å². The number of cyclic esters (lactones) is 1.